The van der Waals surface area contributed by atoms with E-state index in [1.54, 1.807) is 0 Å². The standard InChI is InChI=1S/C7H18N2O3S/c1-7(8)3-2-4-9-5-6-13(10,11)12/h7,9H,2-6,8H2,1H3,(H,10,11,12). The van der Waals surface area contributed by atoms with E-state index in [4.69, 9.17) is 10.3 Å². The highest BCUT2D eigenvalue weighted by atomic mass is 32.2. The Morgan fingerprint density at radius 1 is 1.46 bits per heavy atom. The van der Waals surface area contributed by atoms with Gasteiger partial charge in [0, 0.05) is 12.6 Å². The molecule has 4 N–H and O–H groups in total. The molecule has 0 aromatic rings. The second-order valence-electron chi connectivity index (χ2n) is 3.16. The van der Waals surface area contributed by atoms with Crippen LogP contribution in [-0.4, -0.2) is 37.9 Å². The summed E-state index contributed by atoms with van der Waals surface area (Å²) in [5.74, 6) is -0.231. The van der Waals surface area contributed by atoms with E-state index in [1.165, 1.54) is 0 Å². The summed E-state index contributed by atoms with van der Waals surface area (Å²) in [6, 6.07) is 0.184. The zero-order valence-corrected chi connectivity index (χ0v) is 8.68. The largest absolute Gasteiger partial charge is 0.328 e. The average molecular weight is 210 g/mol. The number of rotatable bonds is 7. The summed E-state index contributed by atoms with van der Waals surface area (Å²) in [7, 11) is -3.81. The van der Waals surface area contributed by atoms with Crippen LogP contribution in [0.3, 0.4) is 0 Å². The Kier molecular flexibility index (Phi) is 6.23. The Bertz CT molecular complexity index is 214. The summed E-state index contributed by atoms with van der Waals surface area (Å²) in [5, 5.41) is 2.90. The Balaban J connectivity index is 3.18. The number of hydrogen-bond acceptors (Lipinski definition) is 4. The van der Waals surface area contributed by atoms with Crippen molar-refractivity contribution in [2.45, 2.75) is 25.8 Å². The van der Waals surface area contributed by atoms with Crippen LogP contribution in [0.2, 0.25) is 0 Å². The monoisotopic (exact) mass is 210 g/mol. The summed E-state index contributed by atoms with van der Waals surface area (Å²) < 4.78 is 28.9. The molecule has 6 heteroatoms. The Morgan fingerprint density at radius 2 is 2.08 bits per heavy atom. The van der Waals surface area contributed by atoms with Gasteiger partial charge in [-0.3, -0.25) is 4.55 Å². The molecule has 80 valence electrons. The van der Waals surface area contributed by atoms with E-state index in [2.05, 4.69) is 5.32 Å². The number of hydrogen-bond donors (Lipinski definition) is 3. The van der Waals surface area contributed by atoms with Crippen molar-refractivity contribution >= 4 is 10.1 Å². The van der Waals surface area contributed by atoms with Gasteiger partial charge in [-0.2, -0.15) is 8.42 Å². The minimum absolute atomic E-state index is 0.184. The molecule has 0 aliphatic rings. The van der Waals surface area contributed by atoms with E-state index in [1.807, 2.05) is 6.92 Å². The van der Waals surface area contributed by atoms with E-state index in [9.17, 15) is 8.42 Å². The molecule has 5 nitrogen and oxygen atoms in total. The lowest BCUT2D eigenvalue weighted by Gasteiger charge is -2.05. The second kappa shape index (κ2) is 6.31. The minimum Gasteiger partial charge on any atom is -0.328 e. The summed E-state index contributed by atoms with van der Waals surface area (Å²) in [5.41, 5.74) is 5.51. The summed E-state index contributed by atoms with van der Waals surface area (Å²) in [6.07, 6.45) is 1.84. The zero-order chi connectivity index (χ0) is 10.3. The van der Waals surface area contributed by atoms with Gasteiger partial charge in [0.05, 0.1) is 5.75 Å². The van der Waals surface area contributed by atoms with Crippen molar-refractivity contribution in [1.29, 1.82) is 0 Å². The first-order valence-electron chi connectivity index (χ1n) is 4.33. The van der Waals surface area contributed by atoms with Gasteiger partial charge >= 0.3 is 0 Å². The Morgan fingerprint density at radius 3 is 2.54 bits per heavy atom. The van der Waals surface area contributed by atoms with Crippen LogP contribution < -0.4 is 11.1 Å². The van der Waals surface area contributed by atoms with Crippen LogP contribution in [0.25, 0.3) is 0 Å². The molecule has 0 aromatic carbocycles. The van der Waals surface area contributed by atoms with Gasteiger partial charge < -0.3 is 11.1 Å². The van der Waals surface area contributed by atoms with Gasteiger partial charge in [0.25, 0.3) is 10.1 Å². The molecule has 0 spiro atoms. The molecule has 1 atom stereocenters. The van der Waals surface area contributed by atoms with Crippen molar-refractivity contribution in [2.75, 3.05) is 18.8 Å². The molecule has 0 aromatic heterocycles. The van der Waals surface area contributed by atoms with Gasteiger partial charge in [-0.25, -0.2) is 0 Å². The average Bonchev–Trinajstić information content (AvgIpc) is 1.93. The van der Waals surface area contributed by atoms with E-state index >= 15 is 0 Å². The van der Waals surface area contributed by atoms with Crippen LogP contribution in [0.5, 0.6) is 0 Å². The SMILES string of the molecule is CC(N)CCCNCCS(=O)(=O)O. The molecule has 13 heavy (non-hydrogen) atoms. The van der Waals surface area contributed by atoms with E-state index in [0.717, 1.165) is 19.4 Å². The molecule has 0 fully saturated rings. The van der Waals surface area contributed by atoms with Gasteiger partial charge in [0.1, 0.15) is 0 Å². The minimum atomic E-state index is -3.81. The fourth-order valence-electron chi connectivity index (χ4n) is 0.875. The maximum absolute atomic E-state index is 10.3. The fourth-order valence-corrected chi connectivity index (χ4v) is 1.28. The first kappa shape index (κ1) is 12.8. The van der Waals surface area contributed by atoms with E-state index in [-0.39, 0.29) is 18.3 Å². The molecule has 0 bridgehead atoms. The van der Waals surface area contributed by atoms with Crippen molar-refractivity contribution in [2.24, 2.45) is 5.73 Å². The normalized spacial score (nSPS) is 14.4. The first-order valence-corrected chi connectivity index (χ1v) is 5.94. The number of nitrogens with two attached hydrogens (primary N) is 1. The van der Waals surface area contributed by atoms with Crippen LogP contribution in [0.15, 0.2) is 0 Å². The van der Waals surface area contributed by atoms with E-state index < -0.39 is 10.1 Å². The van der Waals surface area contributed by atoms with Gasteiger partial charge in [0.15, 0.2) is 0 Å². The lowest BCUT2D eigenvalue weighted by molar-refractivity contribution is 0.479. The predicted molar refractivity (Wildman–Crippen MR) is 52.2 cm³/mol. The van der Waals surface area contributed by atoms with E-state index in [0.29, 0.717) is 0 Å². The highest BCUT2D eigenvalue weighted by Crippen LogP contribution is 1.90. The van der Waals surface area contributed by atoms with Crippen molar-refractivity contribution in [3.63, 3.8) is 0 Å². The molecule has 1 unspecified atom stereocenters. The molecule has 0 amide bonds. The second-order valence-corrected chi connectivity index (χ2v) is 4.73. The maximum Gasteiger partial charge on any atom is 0.266 e. The van der Waals surface area contributed by atoms with Gasteiger partial charge in [-0.1, -0.05) is 0 Å². The number of nitrogens with one attached hydrogen (secondary N) is 1. The fraction of sp³-hybridized carbons (Fsp3) is 1.00. The smallest absolute Gasteiger partial charge is 0.266 e. The third-order valence-electron chi connectivity index (χ3n) is 1.55. The molecular formula is C7H18N2O3S. The lowest BCUT2D eigenvalue weighted by atomic mass is 10.2. The molecule has 0 heterocycles. The van der Waals surface area contributed by atoms with Crippen molar-refractivity contribution in [1.82, 2.24) is 5.32 Å². The zero-order valence-electron chi connectivity index (χ0n) is 7.86. The quantitative estimate of drug-likeness (QED) is 0.392. The molecular weight excluding hydrogens is 192 g/mol. The summed E-state index contributed by atoms with van der Waals surface area (Å²) >= 11 is 0. The first-order chi connectivity index (χ1) is 5.92. The third-order valence-corrected chi connectivity index (χ3v) is 2.27. The van der Waals surface area contributed by atoms with Crippen molar-refractivity contribution in [3.8, 4) is 0 Å². The highest BCUT2D eigenvalue weighted by molar-refractivity contribution is 7.85. The summed E-state index contributed by atoms with van der Waals surface area (Å²) in [6.45, 7) is 2.95. The molecule has 0 aliphatic heterocycles. The van der Waals surface area contributed by atoms with Crippen LogP contribution >= 0.6 is 0 Å². The lowest BCUT2D eigenvalue weighted by Crippen LogP contribution is -2.25. The van der Waals surface area contributed by atoms with Crippen LogP contribution in [0.4, 0.5) is 0 Å². The molecule has 0 radical (unpaired) electrons. The molecule has 0 rings (SSSR count). The van der Waals surface area contributed by atoms with Gasteiger partial charge in [-0.15, -0.1) is 0 Å². The molecule has 0 saturated heterocycles. The topological polar surface area (TPSA) is 92.4 Å². The Labute approximate surface area is 79.4 Å². The maximum atomic E-state index is 10.3. The van der Waals surface area contributed by atoms with Gasteiger partial charge in [-0.05, 0) is 26.3 Å². The van der Waals surface area contributed by atoms with Crippen LogP contribution in [0.1, 0.15) is 19.8 Å². The van der Waals surface area contributed by atoms with Crippen molar-refractivity contribution < 1.29 is 13.0 Å². The highest BCUT2D eigenvalue weighted by Gasteiger charge is 2.02. The van der Waals surface area contributed by atoms with Crippen LogP contribution in [-0.2, 0) is 10.1 Å². The van der Waals surface area contributed by atoms with Gasteiger partial charge in [0.2, 0.25) is 0 Å². The third kappa shape index (κ3) is 11.8. The molecule has 0 aliphatic carbocycles. The predicted octanol–water partition coefficient (Wildman–Crippen LogP) is -0.409. The Hall–Kier alpha value is -0.170. The van der Waals surface area contributed by atoms with Crippen LogP contribution in [0, 0.1) is 0 Å². The van der Waals surface area contributed by atoms with Crippen molar-refractivity contribution in [3.05, 3.63) is 0 Å². The molecule has 0 saturated carbocycles. The summed E-state index contributed by atoms with van der Waals surface area (Å²) in [4.78, 5) is 0.